The molecule has 1 saturated carbocycles. The summed E-state index contributed by atoms with van der Waals surface area (Å²) in [5.41, 5.74) is 4.95. The largest absolute Gasteiger partial charge is 0.256 e. The zero-order valence-electron chi connectivity index (χ0n) is 9.57. The fourth-order valence-corrected chi connectivity index (χ4v) is 2.37. The van der Waals surface area contributed by atoms with E-state index < -0.39 is 0 Å². The minimum atomic E-state index is 0.785. The molecule has 0 amide bonds. The molecule has 1 aromatic heterocycles. The average Bonchev–Trinajstić information content (AvgIpc) is 3.24. The number of alkyl halides is 1. The van der Waals surface area contributed by atoms with Crippen molar-refractivity contribution >= 4 is 15.9 Å². The van der Waals surface area contributed by atoms with Gasteiger partial charge in [0, 0.05) is 17.1 Å². The predicted molar refractivity (Wildman–Crippen MR) is 74.3 cm³/mol. The van der Waals surface area contributed by atoms with Crippen molar-refractivity contribution in [1.82, 2.24) is 4.98 Å². The van der Waals surface area contributed by atoms with E-state index in [4.69, 9.17) is 0 Å². The topological polar surface area (TPSA) is 12.9 Å². The van der Waals surface area contributed by atoms with Crippen molar-refractivity contribution in [3.63, 3.8) is 0 Å². The van der Waals surface area contributed by atoms with E-state index in [-0.39, 0.29) is 0 Å². The van der Waals surface area contributed by atoms with Gasteiger partial charge in [0.1, 0.15) is 0 Å². The Morgan fingerprint density at radius 3 is 2.35 bits per heavy atom. The molecule has 2 heteroatoms. The number of benzene rings is 1. The van der Waals surface area contributed by atoms with Crippen LogP contribution >= 0.6 is 15.9 Å². The third kappa shape index (κ3) is 2.42. The van der Waals surface area contributed by atoms with Gasteiger partial charge in [-0.2, -0.15) is 0 Å². The Labute approximate surface area is 110 Å². The molecule has 1 heterocycles. The highest BCUT2D eigenvalue weighted by Crippen LogP contribution is 2.39. The monoisotopic (exact) mass is 287 g/mol. The zero-order chi connectivity index (χ0) is 11.7. The number of halogens is 1. The molecule has 0 aliphatic heterocycles. The molecule has 0 radical (unpaired) electrons. The van der Waals surface area contributed by atoms with Gasteiger partial charge in [0.2, 0.25) is 0 Å². The highest BCUT2D eigenvalue weighted by Gasteiger charge is 2.23. The van der Waals surface area contributed by atoms with Crippen LogP contribution in [0.25, 0.3) is 11.3 Å². The van der Waals surface area contributed by atoms with Crippen molar-refractivity contribution in [3.8, 4) is 11.3 Å². The van der Waals surface area contributed by atoms with E-state index in [1.54, 1.807) is 0 Å². The maximum absolute atomic E-state index is 4.55. The SMILES string of the molecule is BrCc1ccc(-c2ccc(C3CC3)cn2)cc1. The molecule has 1 fully saturated rings. The summed E-state index contributed by atoms with van der Waals surface area (Å²) in [5.74, 6) is 0.785. The van der Waals surface area contributed by atoms with Crippen LogP contribution in [0.3, 0.4) is 0 Å². The van der Waals surface area contributed by atoms with Gasteiger partial charge < -0.3 is 0 Å². The molecule has 1 aliphatic rings. The fraction of sp³-hybridized carbons (Fsp3) is 0.267. The van der Waals surface area contributed by atoms with E-state index >= 15 is 0 Å². The molecule has 0 N–H and O–H groups in total. The predicted octanol–water partition coefficient (Wildman–Crippen LogP) is 4.52. The Bertz CT molecular complexity index is 497. The minimum absolute atomic E-state index is 0.785. The van der Waals surface area contributed by atoms with Gasteiger partial charge >= 0.3 is 0 Å². The van der Waals surface area contributed by atoms with Crippen LogP contribution in [0, 0.1) is 0 Å². The Morgan fingerprint density at radius 2 is 1.82 bits per heavy atom. The lowest BCUT2D eigenvalue weighted by molar-refractivity contribution is 1.09. The summed E-state index contributed by atoms with van der Waals surface area (Å²) in [5, 5.41) is 0.904. The molecule has 1 nitrogen and oxygen atoms in total. The lowest BCUT2D eigenvalue weighted by Gasteiger charge is -2.03. The Kier molecular flexibility index (Phi) is 2.98. The second-order valence-corrected chi connectivity index (χ2v) is 5.14. The first-order valence-electron chi connectivity index (χ1n) is 5.98. The number of hydrogen-bond acceptors (Lipinski definition) is 1. The molecule has 86 valence electrons. The minimum Gasteiger partial charge on any atom is -0.256 e. The maximum atomic E-state index is 4.55. The van der Waals surface area contributed by atoms with Crippen LogP contribution in [0.5, 0.6) is 0 Å². The number of pyridine rings is 1. The maximum Gasteiger partial charge on any atom is 0.0702 e. The fourth-order valence-electron chi connectivity index (χ4n) is 2.00. The molecule has 1 aliphatic carbocycles. The molecule has 3 rings (SSSR count). The van der Waals surface area contributed by atoms with Crippen LogP contribution in [-0.4, -0.2) is 4.98 Å². The molecule has 0 atom stereocenters. The summed E-state index contributed by atoms with van der Waals surface area (Å²) in [6.07, 6.45) is 4.70. The van der Waals surface area contributed by atoms with E-state index in [2.05, 4.69) is 57.3 Å². The van der Waals surface area contributed by atoms with E-state index in [1.165, 1.54) is 29.5 Å². The van der Waals surface area contributed by atoms with Crippen molar-refractivity contribution in [2.75, 3.05) is 0 Å². The van der Waals surface area contributed by atoms with Crippen molar-refractivity contribution in [2.24, 2.45) is 0 Å². The molecule has 1 aromatic carbocycles. The van der Waals surface area contributed by atoms with Crippen molar-refractivity contribution < 1.29 is 0 Å². The first-order chi connectivity index (χ1) is 8.36. The van der Waals surface area contributed by atoms with Crippen LogP contribution in [0.4, 0.5) is 0 Å². The first kappa shape index (κ1) is 11.0. The summed E-state index contributed by atoms with van der Waals surface area (Å²) in [4.78, 5) is 4.55. The van der Waals surface area contributed by atoms with Gasteiger partial charge in [-0.15, -0.1) is 0 Å². The molecule has 0 saturated heterocycles. The lowest BCUT2D eigenvalue weighted by atomic mass is 10.1. The number of hydrogen-bond donors (Lipinski definition) is 0. The highest BCUT2D eigenvalue weighted by atomic mass is 79.9. The summed E-state index contributed by atoms with van der Waals surface area (Å²) < 4.78 is 0. The third-order valence-corrected chi connectivity index (χ3v) is 3.89. The van der Waals surface area contributed by atoms with E-state index in [0.29, 0.717) is 0 Å². The van der Waals surface area contributed by atoms with Crippen LogP contribution in [-0.2, 0) is 5.33 Å². The van der Waals surface area contributed by atoms with Gasteiger partial charge in [0.15, 0.2) is 0 Å². The van der Waals surface area contributed by atoms with Crippen molar-refractivity contribution in [2.45, 2.75) is 24.1 Å². The molecular weight excluding hydrogens is 274 g/mol. The van der Waals surface area contributed by atoms with Gasteiger partial charge in [-0.1, -0.05) is 46.3 Å². The highest BCUT2D eigenvalue weighted by molar-refractivity contribution is 9.08. The van der Waals surface area contributed by atoms with Crippen molar-refractivity contribution in [3.05, 3.63) is 53.7 Å². The van der Waals surface area contributed by atoms with E-state index in [0.717, 1.165) is 16.9 Å². The van der Waals surface area contributed by atoms with Gasteiger partial charge in [-0.25, -0.2) is 0 Å². The average molecular weight is 288 g/mol. The number of rotatable bonds is 3. The normalized spacial score (nSPS) is 14.9. The quantitative estimate of drug-likeness (QED) is 0.757. The van der Waals surface area contributed by atoms with Crippen LogP contribution in [0.15, 0.2) is 42.6 Å². The number of aromatic nitrogens is 1. The second kappa shape index (κ2) is 4.61. The Hall–Kier alpha value is -1.15. The molecule has 0 bridgehead atoms. The standard InChI is InChI=1S/C15H14BrN/c16-9-11-1-3-13(4-2-11)15-8-7-14(10-17-15)12-5-6-12/h1-4,7-8,10,12H,5-6,9H2. The summed E-state index contributed by atoms with van der Waals surface area (Å²) in [6.45, 7) is 0. The molecule has 0 unspecified atom stereocenters. The number of nitrogens with zero attached hydrogens (tertiary/aromatic N) is 1. The second-order valence-electron chi connectivity index (χ2n) is 4.58. The Morgan fingerprint density at radius 1 is 1.06 bits per heavy atom. The van der Waals surface area contributed by atoms with Crippen LogP contribution < -0.4 is 0 Å². The summed E-state index contributed by atoms with van der Waals surface area (Å²) in [7, 11) is 0. The molecule has 17 heavy (non-hydrogen) atoms. The van der Waals surface area contributed by atoms with Gasteiger partial charge in [0.05, 0.1) is 5.69 Å². The summed E-state index contributed by atoms with van der Waals surface area (Å²) in [6, 6.07) is 12.9. The van der Waals surface area contributed by atoms with Crippen molar-refractivity contribution in [1.29, 1.82) is 0 Å². The van der Waals surface area contributed by atoms with E-state index in [9.17, 15) is 0 Å². The third-order valence-electron chi connectivity index (χ3n) is 3.24. The zero-order valence-corrected chi connectivity index (χ0v) is 11.2. The van der Waals surface area contributed by atoms with Crippen LogP contribution in [0.1, 0.15) is 29.9 Å². The van der Waals surface area contributed by atoms with Crippen LogP contribution in [0.2, 0.25) is 0 Å². The van der Waals surface area contributed by atoms with Gasteiger partial charge in [-0.05, 0) is 36.0 Å². The first-order valence-corrected chi connectivity index (χ1v) is 7.10. The van der Waals surface area contributed by atoms with Gasteiger partial charge in [-0.3, -0.25) is 4.98 Å². The molecular formula is C15H14BrN. The molecule has 0 spiro atoms. The smallest absolute Gasteiger partial charge is 0.0702 e. The van der Waals surface area contributed by atoms with Gasteiger partial charge in [0.25, 0.3) is 0 Å². The summed E-state index contributed by atoms with van der Waals surface area (Å²) >= 11 is 3.46. The van der Waals surface area contributed by atoms with E-state index in [1.807, 2.05) is 6.20 Å². The lowest BCUT2D eigenvalue weighted by Crippen LogP contribution is -1.87. The molecule has 2 aromatic rings. The Balaban J connectivity index is 1.86.